The summed E-state index contributed by atoms with van der Waals surface area (Å²) in [5.74, 6) is -1.52. The Morgan fingerprint density at radius 3 is 2.79 bits per heavy atom. The minimum atomic E-state index is -1.01. The molecule has 6 nitrogen and oxygen atoms in total. The number of carbonyl (C=O) groups is 2. The summed E-state index contributed by atoms with van der Waals surface area (Å²) >= 11 is 3.22. The van der Waals surface area contributed by atoms with Crippen molar-refractivity contribution < 1.29 is 14.7 Å². The van der Waals surface area contributed by atoms with E-state index in [0.29, 0.717) is 11.3 Å². The minimum absolute atomic E-state index is 0.0413. The highest BCUT2D eigenvalue weighted by Crippen LogP contribution is 2.20. The molecule has 1 amide bonds. The predicted octanol–water partition coefficient (Wildman–Crippen LogP) is 1.45. The first-order chi connectivity index (χ1) is 8.93. The number of nitrogens with two attached hydrogens (primary N) is 1. The standard InChI is InChI=1S/C12H12BrN3O3/c13-8-1-3-10(7(5-8)6-14)16-12(19)9(15)2-4-11(17)18/h1,3,5,9H,2,4,15H2,(H,16,19)(H,17,18). The zero-order chi connectivity index (χ0) is 14.4. The molecule has 0 aromatic heterocycles. The number of nitrogens with zero attached hydrogens (tertiary/aromatic N) is 1. The van der Waals surface area contributed by atoms with Crippen LogP contribution in [0.5, 0.6) is 0 Å². The molecular formula is C12H12BrN3O3. The fourth-order valence-electron chi connectivity index (χ4n) is 1.35. The lowest BCUT2D eigenvalue weighted by Gasteiger charge is -2.12. The van der Waals surface area contributed by atoms with Crippen LogP contribution in [0.15, 0.2) is 22.7 Å². The summed E-state index contributed by atoms with van der Waals surface area (Å²) in [5, 5.41) is 20.0. The Morgan fingerprint density at radius 1 is 1.53 bits per heavy atom. The van der Waals surface area contributed by atoms with Crippen molar-refractivity contribution in [2.45, 2.75) is 18.9 Å². The van der Waals surface area contributed by atoms with Gasteiger partial charge in [0.1, 0.15) is 6.07 Å². The van der Waals surface area contributed by atoms with Crippen molar-refractivity contribution in [2.75, 3.05) is 5.32 Å². The largest absolute Gasteiger partial charge is 0.481 e. The van der Waals surface area contributed by atoms with Crippen molar-refractivity contribution >= 4 is 33.5 Å². The molecule has 0 fully saturated rings. The first-order valence-corrected chi connectivity index (χ1v) is 6.21. The Bertz CT molecular complexity index is 540. The Morgan fingerprint density at radius 2 is 2.21 bits per heavy atom. The fourth-order valence-corrected chi connectivity index (χ4v) is 1.71. The van der Waals surface area contributed by atoms with Gasteiger partial charge in [-0.3, -0.25) is 9.59 Å². The predicted molar refractivity (Wildman–Crippen MR) is 72.3 cm³/mol. The number of nitriles is 1. The third kappa shape index (κ3) is 4.69. The Kier molecular flexibility index (Phi) is 5.48. The number of carbonyl (C=O) groups excluding carboxylic acids is 1. The van der Waals surface area contributed by atoms with Crippen LogP contribution in [0.25, 0.3) is 0 Å². The van der Waals surface area contributed by atoms with E-state index in [1.54, 1.807) is 18.2 Å². The van der Waals surface area contributed by atoms with Crippen molar-refractivity contribution in [2.24, 2.45) is 5.73 Å². The number of hydrogen-bond acceptors (Lipinski definition) is 4. The van der Waals surface area contributed by atoms with Crippen LogP contribution in [0.3, 0.4) is 0 Å². The second-order valence-corrected chi connectivity index (χ2v) is 4.75. The maximum atomic E-state index is 11.7. The Labute approximate surface area is 118 Å². The monoisotopic (exact) mass is 325 g/mol. The van der Waals surface area contributed by atoms with Crippen LogP contribution in [-0.4, -0.2) is 23.0 Å². The number of hydrogen-bond donors (Lipinski definition) is 3. The summed E-state index contributed by atoms with van der Waals surface area (Å²) in [4.78, 5) is 22.1. The highest BCUT2D eigenvalue weighted by Gasteiger charge is 2.16. The first kappa shape index (κ1) is 15.1. The second kappa shape index (κ2) is 6.87. The molecule has 4 N–H and O–H groups in total. The van der Waals surface area contributed by atoms with Crippen LogP contribution in [0.4, 0.5) is 5.69 Å². The molecule has 100 valence electrons. The van der Waals surface area contributed by atoms with E-state index in [1.807, 2.05) is 6.07 Å². The van der Waals surface area contributed by atoms with E-state index in [2.05, 4.69) is 21.2 Å². The van der Waals surface area contributed by atoms with E-state index < -0.39 is 17.9 Å². The summed E-state index contributed by atoms with van der Waals surface area (Å²) in [5.41, 5.74) is 6.22. The van der Waals surface area contributed by atoms with Crippen molar-refractivity contribution in [1.82, 2.24) is 0 Å². The lowest BCUT2D eigenvalue weighted by atomic mass is 10.1. The smallest absolute Gasteiger partial charge is 0.303 e. The van der Waals surface area contributed by atoms with Crippen LogP contribution in [0.1, 0.15) is 18.4 Å². The number of aliphatic carboxylic acids is 1. The van der Waals surface area contributed by atoms with Gasteiger partial charge in [0.2, 0.25) is 5.91 Å². The molecule has 1 aromatic rings. The van der Waals surface area contributed by atoms with Crippen molar-refractivity contribution in [3.8, 4) is 6.07 Å². The van der Waals surface area contributed by atoms with Gasteiger partial charge in [0, 0.05) is 10.9 Å². The van der Waals surface area contributed by atoms with Gasteiger partial charge in [0.05, 0.1) is 17.3 Å². The summed E-state index contributed by atoms with van der Waals surface area (Å²) in [6.45, 7) is 0. The van der Waals surface area contributed by atoms with Crippen LogP contribution in [0, 0.1) is 11.3 Å². The molecule has 0 aliphatic heterocycles. The minimum Gasteiger partial charge on any atom is -0.481 e. The number of amides is 1. The number of nitrogens with one attached hydrogen (secondary N) is 1. The molecule has 0 spiro atoms. The number of benzene rings is 1. The molecule has 7 heteroatoms. The Hall–Kier alpha value is -1.91. The van der Waals surface area contributed by atoms with Crippen molar-refractivity contribution in [3.63, 3.8) is 0 Å². The van der Waals surface area contributed by atoms with Gasteiger partial charge < -0.3 is 16.2 Å². The zero-order valence-corrected chi connectivity index (χ0v) is 11.5. The quantitative estimate of drug-likeness (QED) is 0.757. The Balaban J connectivity index is 2.72. The first-order valence-electron chi connectivity index (χ1n) is 5.42. The van der Waals surface area contributed by atoms with Crippen LogP contribution in [-0.2, 0) is 9.59 Å². The van der Waals surface area contributed by atoms with Gasteiger partial charge in [0.15, 0.2) is 0 Å². The van der Waals surface area contributed by atoms with Crippen LogP contribution in [0.2, 0.25) is 0 Å². The molecule has 19 heavy (non-hydrogen) atoms. The van der Waals surface area contributed by atoms with E-state index in [4.69, 9.17) is 16.1 Å². The molecular weight excluding hydrogens is 314 g/mol. The summed E-state index contributed by atoms with van der Waals surface area (Å²) in [7, 11) is 0. The van der Waals surface area contributed by atoms with E-state index in [9.17, 15) is 9.59 Å². The van der Waals surface area contributed by atoms with Gasteiger partial charge in [-0.2, -0.15) is 5.26 Å². The second-order valence-electron chi connectivity index (χ2n) is 3.83. The molecule has 0 heterocycles. The van der Waals surface area contributed by atoms with Crippen LogP contribution < -0.4 is 11.1 Å². The normalized spacial score (nSPS) is 11.4. The van der Waals surface area contributed by atoms with Gasteiger partial charge in [0.25, 0.3) is 0 Å². The van der Waals surface area contributed by atoms with Gasteiger partial charge in [-0.1, -0.05) is 15.9 Å². The van der Waals surface area contributed by atoms with E-state index in [1.165, 1.54) is 0 Å². The highest BCUT2D eigenvalue weighted by atomic mass is 79.9. The van der Waals surface area contributed by atoms with Gasteiger partial charge in [-0.05, 0) is 24.6 Å². The lowest BCUT2D eigenvalue weighted by Crippen LogP contribution is -2.36. The van der Waals surface area contributed by atoms with Gasteiger partial charge in [-0.15, -0.1) is 0 Å². The number of carboxylic acids is 1. The zero-order valence-electron chi connectivity index (χ0n) is 9.89. The summed E-state index contributed by atoms with van der Waals surface area (Å²) in [6, 6.07) is 5.85. The van der Waals surface area contributed by atoms with E-state index >= 15 is 0 Å². The molecule has 0 aliphatic rings. The maximum Gasteiger partial charge on any atom is 0.303 e. The third-order valence-corrected chi connectivity index (χ3v) is 2.86. The SMILES string of the molecule is N#Cc1cc(Br)ccc1NC(=O)C(N)CCC(=O)O. The maximum absolute atomic E-state index is 11.7. The molecule has 1 rings (SSSR count). The average Bonchev–Trinajstić information content (AvgIpc) is 2.37. The lowest BCUT2D eigenvalue weighted by molar-refractivity contribution is -0.137. The number of rotatable bonds is 5. The number of anilines is 1. The number of carboxylic acid groups (broad SMARTS) is 1. The van der Waals surface area contributed by atoms with Gasteiger partial charge in [-0.25, -0.2) is 0 Å². The summed E-state index contributed by atoms with van der Waals surface area (Å²) < 4.78 is 0.720. The van der Waals surface area contributed by atoms with Crippen molar-refractivity contribution in [1.29, 1.82) is 5.26 Å². The highest BCUT2D eigenvalue weighted by molar-refractivity contribution is 9.10. The van der Waals surface area contributed by atoms with Gasteiger partial charge >= 0.3 is 5.97 Å². The molecule has 1 aromatic carbocycles. The molecule has 1 atom stereocenters. The van der Waals surface area contributed by atoms with Crippen molar-refractivity contribution in [3.05, 3.63) is 28.2 Å². The molecule has 0 saturated carbocycles. The van der Waals surface area contributed by atoms with E-state index in [0.717, 1.165) is 4.47 Å². The molecule has 1 unspecified atom stereocenters. The summed E-state index contributed by atoms with van der Waals surface area (Å²) in [6.07, 6.45) is -0.139. The number of halogens is 1. The molecule has 0 bridgehead atoms. The van der Waals surface area contributed by atoms with Crippen LogP contribution >= 0.6 is 15.9 Å². The topological polar surface area (TPSA) is 116 Å². The fraction of sp³-hybridized carbons (Fsp3) is 0.250. The molecule has 0 aliphatic carbocycles. The average molecular weight is 326 g/mol. The van der Waals surface area contributed by atoms with E-state index in [-0.39, 0.29) is 12.8 Å². The third-order valence-electron chi connectivity index (χ3n) is 2.37. The molecule has 0 saturated heterocycles. The molecule has 0 radical (unpaired) electrons.